The van der Waals surface area contributed by atoms with E-state index in [0.717, 1.165) is 24.1 Å². The second-order valence-electron chi connectivity index (χ2n) is 8.47. The molecule has 2 aromatic rings. The smallest absolute Gasteiger partial charge is 0.277 e. The van der Waals surface area contributed by atoms with Crippen molar-refractivity contribution >= 4 is 29.4 Å². The van der Waals surface area contributed by atoms with Crippen LogP contribution in [0, 0.1) is 6.92 Å². The van der Waals surface area contributed by atoms with Crippen LogP contribution in [0.15, 0.2) is 41.5 Å². The molecule has 1 N–H and O–H groups in total. The number of fused-ring (bicyclic) bond motifs is 1. The normalized spacial score (nSPS) is 17.7. The molecule has 0 aliphatic carbocycles. The van der Waals surface area contributed by atoms with E-state index in [1.165, 1.54) is 11.3 Å². The predicted molar refractivity (Wildman–Crippen MR) is 124 cm³/mol. The number of nitrogens with one attached hydrogen (secondary N) is 1. The van der Waals surface area contributed by atoms with Crippen molar-refractivity contribution in [2.24, 2.45) is 5.10 Å². The Hall–Kier alpha value is -2.53. The van der Waals surface area contributed by atoms with Crippen LogP contribution in [0.4, 0.5) is 5.69 Å². The largest absolute Gasteiger partial charge is 0.484 e. The van der Waals surface area contributed by atoms with E-state index < -0.39 is 0 Å². The molecule has 1 heterocycles. The van der Waals surface area contributed by atoms with E-state index >= 15 is 0 Å². The van der Waals surface area contributed by atoms with Crippen LogP contribution in [0.1, 0.15) is 56.7 Å². The van der Waals surface area contributed by atoms with Crippen molar-refractivity contribution in [3.05, 3.63) is 58.1 Å². The fraction of sp³-hybridized carbons (Fsp3) is 0.417. The van der Waals surface area contributed by atoms with Crippen molar-refractivity contribution in [3.8, 4) is 5.75 Å². The SMILES string of the molecule is CCN1c2cc(C)c(/C=N\NC(=O)COc3cccc(Cl)c3)cc2C(C)CC1(C)C. The van der Waals surface area contributed by atoms with Gasteiger partial charge in [-0.25, -0.2) is 5.43 Å². The predicted octanol–water partition coefficient (Wildman–Crippen LogP) is 5.29. The Labute approximate surface area is 184 Å². The number of halogens is 1. The molecule has 3 rings (SSSR count). The van der Waals surface area contributed by atoms with Gasteiger partial charge in [0.1, 0.15) is 5.75 Å². The molecule has 1 aliphatic heterocycles. The summed E-state index contributed by atoms with van der Waals surface area (Å²) in [5.41, 5.74) is 7.44. The molecule has 160 valence electrons. The zero-order valence-corrected chi connectivity index (χ0v) is 19.1. The van der Waals surface area contributed by atoms with Gasteiger partial charge in [0.15, 0.2) is 6.61 Å². The van der Waals surface area contributed by atoms with E-state index in [0.29, 0.717) is 16.7 Å². The second-order valence-corrected chi connectivity index (χ2v) is 8.91. The lowest BCUT2D eigenvalue weighted by atomic mass is 9.79. The van der Waals surface area contributed by atoms with Crippen LogP contribution in [-0.4, -0.2) is 30.8 Å². The molecular weight excluding hydrogens is 398 g/mol. The van der Waals surface area contributed by atoms with E-state index in [-0.39, 0.29) is 18.1 Å². The molecule has 30 heavy (non-hydrogen) atoms. The third-order valence-corrected chi connectivity index (χ3v) is 5.88. The van der Waals surface area contributed by atoms with Crippen molar-refractivity contribution in [3.63, 3.8) is 0 Å². The number of carbonyl (C=O) groups is 1. The lowest BCUT2D eigenvalue weighted by Gasteiger charge is -2.47. The van der Waals surface area contributed by atoms with Crippen LogP contribution in [0.3, 0.4) is 0 Å². The number of hydrogen-bond acceptors (Lipinski definition) is 4. The van der Waals surface area contributed by atoms with Crippen molar-refractivity contribution in [2.45, 2.75) is 52.5 Å². The zero-order chi connectivity index (χ0) is 21.9. The summed E-state index contributed by atoms with van der Waals surface area (Å²) in [6, 6.07) is 11.4. The van der Waals surface area contributed by atoms with Gasteiger partial charge in [-0.2, -0.15) is 5.10 Å². The number of hydrogen-bond donors (Lipinski definition) is 1. The molecule has 0 spiro atoms. The highest BCUT2D eigenvalue weighted by Gasteiger charge is 2.35. The van der Waals surface area contributed by atoms with Gasteiger partial charge in [-0.3, -0.25) is 4.79 Å². The Kier molecular flexibility index (Phi) is 6.71. The number of carbonyl (C=O) groups excluding carboxylic acids is 1. The third kappa shape index (κ3) is 4.96. The summed E-state index contributed by atoms with van der Waals surface area (Å²) in [6.07, 6.45) is 2.81. The van der Waals surface area contributed by atoms with Gasteiger partial charge in [0.25, 0.3) is 5.91 Å². The molecule has 0 fully saturated rings. The molecule has 6 heteroatoms. The topological polar surface area (TPSA) is 53.9 Å². The number of nitrogens with zero attached hydrogens (tertiary/aromatic N) is 2. The number of rotatable bonds is 6. The minimum atomic E-state index is -0.325. The zero-order valence-electron chi connectivity index (χ0n) is 18.3. The molecule has 0 radical (unpaired) electrons. The lowest BCUT2D eigenvalue weighted by molar-refractivity contribution is -0.123. The van der Waals surface area contributed by atoms with E-state index in [1.807, 2.05) is 0 Å². The van der Waals surface area contributed by atoms with Gasteiger partial charge >= 0.3 is 0 Å². The molecule has 0 aromatic heterocycles. The number of ether oxygens (including phenoxy) is 1. The van der Waals surface area contributed by atoms with Gasteiger partial charge in [-0.15, -0.1) is 0 Å². The minimum absolute atomic E-state index is 0.127. The highest BCUT2D eigenvalue weighted by atomic mass is 35.5. The van der Waals surface area contributed by atoms with Gasteiger partial charge < -0.3 is 9.64 Å². The highest BCUT2D eigenvalue weighted by molar-refractivity contribution is 6.30. The van der Waals surface area contributed by atoms with E-state index in [2.05, 4.69) is 62.2 Å². The maximum Gasteiger partial charge on any atom is 0.277 e. The maximum atomic E-state index is 12.0. The molecular formula is C24H30ClN3O2. The number of benzene rings is 2. The van der Waals surface area contributed by atoms with Crippen LogP contribution in [0.25, 0.3) is 0 Å². The molecule has 0 bridgehead atoms. The van der Waals surface area contributed by atoms with Crippen molar-refractivity contribution in [2.75, 3.05) is 18.1 Å². The van der Waals surface area contributed by atoms with Crippen molar-refractivity contribution < 1.29 is 9.53 Å². The number of aryl methyl sites for hydroxylation is 1. The monoisotopic (exact) mass is 427 g/mol. The third-order valence-electron chi connectivity index (χ3n) is 5.65. The Morgan fingerprint density at radius 3 is 2.83 bits per heavy atom. The summed E-state index contributed by atoms with van der Waals surface area (Å²) < 4.78 is 5.43. The number of hydrazone groups is 1. The molecule has 5 nitrogen and oxygen atoms in total. The Bertz CT molecular complexity index is 955. The molecule has 1 unspecified atom stereocenters. The van der Waals surface area contributed by atoms with E-state index in [1.54, 1.807) is 30.5 Å². The summed E-state index contributed by atoms with van der Waals surface area (Å²) in [4.78, 5) is 14.5. The quantitative estimate of drug-likeness (QED) is 0.503. The van der Waals surface area contributed by atoms with E-state index in [9.17, 15) is 4.79 Å². The van der Waals surface area contributed by atoms with Crippen LogP contribution in [-0.2, 0) is 4.79 Å². The molecule has 1 aliphatic rings. The molecule has 1 amide bonds. The molecule has 0 saturated heterocycles. The maximum absolute atomic E-state index is 12.0. The summed E-state index contributed by atoms with van der Waals surface area (Å²) in [6.45, 7) is 12.0. The minimum Gasteiger partial charge on any atom is -0.484 e. The van der Waals surface area contributed by atoms with Gasteiger partial charge in [0.05, 0.1) is 6.21 Å². The summed E-state index contributed by atoms with van der Waals surface area (Å²) in [5, 5.41) is 4.69. The first-order chi connectivity index (χ1) is 14.2. The fourth-order valence-corrected chi connectivity index (χ4v) is 4.48. The van der Waals surface area contributed by atoms with Crippen LogP contribution < -0.4 is 15.1 Å². The second kappa shape index (κ2) is 9.09. The van der Waals surface area contributed by atoms with Gasteiger partial charge in [0.2, 0.25) is 0 Å². The summed E-state index contributed by atoms with van der Waals surface area (Å²) in [7, 11) is 0. The van der Waals surface area contributed by atoms with Crippen molar-refractivity contribution in [1.82, 2.24) is 5.43 Å². The Balaban J connectivity index is 1.67. The fourth-order valence-electron chi connectivity index (χ4n) is 4.30. The van der Waals surface area contributed by atoms with Gasteiger partial charge in [-0.05, 0) is 87.1 Å². The number of anilines is 1. The summed E-state index contributed by atoms with van der Waals surface area (Å²) in [5.74, 6) is 0.685. The first-order valence-electron chi connectivity index (χ1n) is 10.3. The lowest BCUT2D eigenvalue weighted by Crippen LogP contribution is -2.48. The average molecular weight is 428 g/mol. The van der Waals surface area contributed by atoms with Crippen LogP contribution in [0.5, 0.6) is 5.75 Å². The van der Waals surface area contributed by atoms with Gasteiger partial charge in [-0.1, -0.05) is 24.6 Å². The highest BCUT2D eigenvalue weighted by Crippen LogP contribution is 2.43. The Morgan fingerprint density at radius 1 is 1.37 bits per heavy atom. The van der Waals surface area contributed by atoms with E-state index in [4.69, 9.17) is 16.3 Å². The average Bonchev–Trinajstić information content (AvgIpc) is 2.67. The summed E-state index contributed by atoms with van der Waals surface area (Å²) >= 11 is 5.91. The standard InChI is InChI=1S/C24H30ClN3O2/c1-6-28-22-10-16(2)18(11-21(22)17(3)13-24(28,4)5)14-26-27-23(29)15-30-20-9-7-8-19(25)12-20/h7-12,14,17H,6,13,15H2,1-5H3,(H,27,29)/b26-14-. The van der Waals surface area contributed by atoms with Gasteiger partial charge in [0, 0.05) is 22.8 Å². The molecule has 0 saturated carbocycles. The van der Waals surface area contributed by atoms with Crippen LogP contribution >= 0.6 is 11.6 Å². The molecule has 1 atom stereocenters. The Morgan fingerprint density at radius 2 is 2.13 bits per heavy atom. The molecule has 2 aromatic carbocycles. The number of amides is 1. The van der Waals surface area contributed by atoms with Crippen molar-refractivity contribution in [1.29, 1.82) is 0 Å². The first kappa shape index (κ1) is 22.2. The first-order valence-corrected chi connectivity index (χ1v) is 10.7. The van der Waals surface area contributed by atoms with Crippen LogP contribution in [0.2, 0.25) is 5.02 Å².